The van der Waals surface area contributed by atoms with Crippen LogP contribution in [0.5, 0.6) is 0 Å². The molecular formula is C13H7Cl2FO2. The first-order valence-electron chi connectivity index (χ1n) is 4.98. The minimum atomic E-state index is -1.19. The van der Waals surface area contributed by atoms with Crippen molar-refractivity contribution < 1.29 is 14.3 Å². The monoisotopic (exact) mass is 284 g/mol. The molecule has 0 spiro atoms. The van der Waals surface area contributed by atoms with Gasteiger partial charge >= 0.3 is 5.97 Å². The predicted molar refractivity (Wildman–Crippen MR) is 68.8 cm³/mol. The number of rotatable bonds is 2. The average Bonchev–Trinajstić information content (AvgIpc) is 2.30. The molecule has 2 rings (SSSR count). The molecule has 0 amide bonds. The summed E-state index contributed by atoms with van der Waals surface area (Å²) in [5.41, 5.74) is 0.408. The molecule has 0 aliphatic heterocycles. The van der Waals surface area contributed by atoms with E-state index in [1.165, 1.54) is 12.1 Å². The van der Waals surface area contributed by atoms with Crippen LogP contribution in [0.1, 0.15) is 10.4 Å². The zero-order valence-electron chi connectivity index (χ0n) is 8.95. The number of carboxylic acids is 1. The van der Waals surface area contributed by atoms with Crippen LogP contribution in [-0.4, -0.2) is 11.1 Å². The van der Waals surface area contributed by atoms with Gasteiger partial charge in [-0.05, 0) is 24.3 Å². The second-order valence-corrected chi connectivity index (χ2v) is 4.41. The van der Waals surface area contributed by atoms with Crippen molar-refractivity contribution in [1.82, 2.24) is 0 Å². The number of carbonyl (C=O) groups is 1. The first kappa shape index (κ1) is 12.9. The number of halogens is 3. The Morgan fingerprint density at radius 3 is 2.22 bits per heavy atom. The van der Waals surface area contributed by atoms with Gasteiger partial charge in [-0.25, -0.2) is 9.18 Å². The molecule has 18 heavy (non-hydrogen) atoms. The van der Waals surface area contributed by atoms with Gasteiger partial charge < -0.3 is 5.11 Å². The smallest absolute Gasteiger partial charge is 0.335 e. The van der Waals surface area contributed by atoms with Gasteiger partial charge in [0.2, 0.25) is 0 Å². The van der Waals surface area contributed by atoms with E-state index in [1.54, 1.807) is 18.2 Å². The highest BCUT2D eigenvalue weighted by Gasteiger charge is 2.14. The summed E-state index contributed by atoms with van der Waals surface area (Å²) in [7, 11) is 0. The third kappa shape index (κ3) is 2.33. The molecule has 2 nitrogen and oxygen atoms in total. The summed E-state index contributed by atoms with van der Waals surface area (Å²) in [6, 6.07) is 8.43. The molecule has 0 saturated heterocycles. The van der Waals surface area contributed by atoms with Gasteiger partial charge in [0, 0.05) is 21.2 Å². The van der Waals surface area contributed by atoms with E-state index in [2.05, 4.69) is 0 Å². The van der Waals surface area contributed by atoms with Crippen molar-refractivity contribution in [3.8, 4) is 11.1 Å². The zero-order chi connectivity index (χ0) is 13.3. The molecule has 0 aliphatic rings. The Morgan fingerprint density at radius 2 is 1.72 bits per heavy atom. The molecule has 0 bridgehead atoms. The summed E-state index contributed by atoms with van der Waals surface area (Å²) in [4.78, 5) is 10.7. The summed E-state index contributed by atoms with van der Waals surface area (Å²) < 4.78 is 13.9. The van der Waals surface area contributed by atoms with Crippen molar-refractivity contribution >= 4 is 29.2 Å². The molecule has 5 heteroatoms. The summed E-state index contributed by atoms with van der Waals surface area (Å²) >= 11 is 11.9. The Labute approximate surface area is 113 Å². The minimum absolute atomic E-state index is 0.126. The molecule has 0 aromatic heterocycles. The van der Waals surface area contributed by atoms with Gasteiger partial charge in [0.1, 0.15) is 5.82 Å². The summed E-state index contributed by atoms with van der Waals surface area (Å²) in [5, 5.41) is 9.38. The molecule has 0 fully saturated rings. The van der Waals surface area contributed by atoms with Crippen LogP contribution in [0.3, 0.4) is 0 Å². The molecule has 1 N–H and O–H groups in total. The third-order valence-corrected chi connectivity index (χ3v) is 3.08. The Bertz CT molecular complexity index is 606. The molecule has 2 aromatic rings. The molecule has 0 radical (unpaired) electrons. The second kappa shape index (κ2) is 4.96. The first-order chi connectivity index (χ1) is 8.50. The lowest BCUT2D eigenvalue weighted by Gasteiger charge is -2.08. The van der Waals surface area contributed by atoms with Gasteiger partial charge in [0.15, 0.2) is 0 Å². The lowest BCUT2D eigenvalue weighted by Crippen LogP contribution is -1.98. The van der Waals surface area contributed by atoms with Crippen LogP contribution in [0.4, 0.5) is 4.39 Å². The Kier molecular flexibility index (Phi) is 3.55. The maximum atomic E-state index is 13.9. The highest BCUT2D eigenvalue weighted by Crippen LogP contribution is 2.36. The average molecular weight is 285 g/mol. The normalized spacial score (nSPS) is 10.4. The van der Waals surface area contributed by atoms with Crippen molar-refractivity contribution in [3.63, 3.8) is 0 Å². The predicted octanol–water partition coefficient (Wildman–Crippen LogP) is 4.50. The van der Waals surface area contributed by atoms with Crippen molar-refractivity contribution in [2.45, 2.75) is 0 Å². The van der Waals surface area contributed by atoms with Crippen LogP contribution >= 0.6 is 23.2 Å². The highest BCUT2D eigenvalue weighted by atomic mass is 35.5. The van der Waals surface area contributed by atoms with E-state index in [4.69, 9.17) is 28.3 Å². The van der Waals surface area contributed by atoms with Crippen LogP contribution in [0.15, 0.2) is 36.4 Å². The molecule has 0 saturated carbocycles. The molecule has 92 valence electrons. The van der Waals surface area contributed by atoms with Gasteiger partial charge in [-0.3, -0.25) is 0 Å². The molecular weight excluding hydrogens is 278 g/mol. The first-order valence-corrected chi connectivity index (χ1v) is 5.73. The Balaban J connectivity index is 2.62. The quantitative estimate of drug-likeness (QED) is 0.882. The summed E-state index contributed by atoms with van der Waals surface area (Å²) in [6.45, 7) is 0. The maximum absolute atomic E-state index is 13.9. The number of hydrogen-bond acceptors (Lipinski definition) is 1. The fourth-order valence-corrected chi connectivity index (χ4v) is 2.21. The molecule has 0 aliphatic carbocycles. The van der Waals surface area contributed by atoms with Crippen molar-refractivity contribution in [2.75, 3.05) is 0 Å². The van der Waals surface area contributed by atoms with Gasteiger partial charge in [0.25, 0.3) is 0 Å². The van der Waals surface area contributed by atoms with E-state index in [0.717, 1.165) is 6.07 Å². The van der Waals surface area contributed by atoms with E-state index >= 15 is 0 Å². The molecule has 0 unspecified atom stereocenters. The van der Waals surface area contributed by atoms with Crippen LogP contribution in [0.25, 0.3) is 11.1 Å². The topological polar surface area (TPSA) is 37.3 Å². The number of carboxylic acid groups (broad SMARTS) is 1. The minimum Gasteiger partial charge on any atom is -0.478 e. The molecule has 2 aromatic carbocycles. The Morgan fingerprint density at radius 1 is 1.11 bits per heavy atom. The van der Waals surface area contributed by atoms with E-state index in [9.17, 15) is 9.18 Å². The van der Waals surface area contributed by atoms with Crippen LogP contribution in [-0.2, 0) is 0 Å². The van der Waals surface area contributed by atoms with Crippen LogP contribution in [0.2, 0.25) is 10.0 Å². The van der Waals surface area contributed by atoms with Crippen LogP contribution in [0, 0.1) is 5.82 Å². The highest BCUT2D eigenvalue weighted by molar-refractivity contribution is 6.39. The van der Waals surface area contributed by atoms with E-state index in [0.29, 0.717) is 15.6 Å². The lowest BCUT2D eigenvalue weighted by molar-refractivity contribution is 0.0696. The van der Waals surface area contributed by atoms with Crippen molar-refractivity contribution in [1.29, 1.82) is 0 Å². The van der Waals surface area contributed by atoms with Crippen LogP contribution < -0.4 is 0 Å². The van der Waals surface area contributed by atoms with E-state index in [1.807, 2.05) is 0 Å². The standard InChI is InChI=1S/C13H7Cl2FO2/c14-9-2-1-3-10(15)12(9)8-5-4-7(13(17)18)6-11(8)16/h1-6H,(H,17,18). The fraction of sp³-hybridized carbons (Fsp3) is 0. The molecule has 0 atom stereocenters. The van der Waals surface area contributed by atoms with E-state index in [-0.39, 0.29) is 11.1 Å². The lowest BCUT2D eigenvalue weighted by atomic mass is 10.0. The number of aromatic carboxylic acids is 1. The van der Waals surface area contributed by atoms with Crippen molar-refractivity contribution in [2.24, 2.45) is 0 Å². The third-order valence-electron chi connectivity index (χ3n) is 2.45. The zero-order valence-corrected chi connectivity index (χ0v) is 10.5. The summed E-state index contributed by atoms with van der Waals surface area (Å²) in [6.07, 6.45) is 0. The van der Waals surface area contributed by atoms with Crippen molar-refractivity contribution in [3.05, 3.63) is 57.8 Å². The number of hydrogen-bond donors (Lipinski definition) is 1. The van der Waals surface area contributed by atoms with Gasteiger partial charge in [-0.2, -0.15) is 0 Å². The largest absolute Gasteiger partial charge is 0.478 e. The SMILES string of the molecule is O=C(O)c1ccc(-c2c(Cl)cccc2Cl)c(F)c1. The van der Waals surface area contributed by atoms with Gasteiger partial charge in [-0.1, -0.05) is 35.3 Å². The maximum Gasteiger partial charge on any atom is 0.335 e. The van der Waals surface area contributed by atoms with Gasteiger partial charge in [-0.15, -0.1) is 0 Å². The van der Waals surface area contributed by atoms with Gasteiger partial charge in [0.05, 0.1) is 5.56 Å². The fourth-order valence-electron chi connectivity index (χ4n) is 1.61. The number of benzene rings is 2. The Hall–Kier alpha value is -1.58. The second-order valence-electron chi connectivity index (χ2n) is 3.60. The molecule has 0 heterocycles. The summed E-state index contributed by atoms with van der Waals surface area (Å²) in [5.74, 6) is -1.87. The van der Waals surface area contributed by atoms with E-state index < -0.39 is 11.8 Å².